The minimum absolute atomic E-state index is 0.289. The van der Waals surface area contributed by atoms with E-state index in [-0.39, 0.29) is 6.04 Å². The van der Waals surface area contributed by atoms with Gasteiger partial charge in [-0.1, -0.05) is 13.0 Å². The van der Waals surface area contributed by atoms with Gasteiger partial charge in [0.1, 0.15) is 10.3 Å². The minimum Gasteiger partial charge on any atom is -0.281 e. The topological polar surface area (TPSA) is 64.4 Å². The molecular weight excluding hydrogens is 362 g/mol. The molecule has 3 rings (SSSR count). The monoisotopic (exact) mass is 381 g/mol. The quantitative estimate of drug-likeness (QED) is 0.799. The first-order valence-electron chi connectivity index (χ1n) is 7.82. The van der Waals surface area contributed by atoms with Crippen molar-refractivity contribution in [3.05, 3.63) is 39.4 Å². The molecule has 1 saturated heterocycles. The first-order valence-corrected chi connectivity index (χ1v) is 11.0. The number of hydrogen-bond donors (Lipinski definition) is 0. The van der Waals surface area contributed by atoms with Crippen molar-refractivity contribution < 1.29 is 8.42 Å². The number of thiophene rings is 2. The van der Waals surface area contributed by atoms with Crippen LogP contribution in [0.2, 0.25) is 0 Å². The summed E-state index contributed by atoms with van der Waals surface area (Å²) in [6, 6.07) is 9.54. The highest BCUT2D eigenvalue weighted by atomic mass is 32.2. The van der Waals surface area contributed by atoms with Crippen LogP contribution in [0.15, 0.2) is 33.9 Å². The van der Waals surface area contributed by atoms with E-state index in [1.807, 2.05) is 30.5 Å². The molecule has 128 valence electrons. The van der Waals surface area contributed by atoms with E-state index in [4.69, 9.17) is 0 Å². The van der Waals surface area contributed by atoms with Gasteiger partial charge in [0.2, 0.25) is 0 Å². The van der Waals surface area contributed by atoms with Crippen LogP contribution in [-0.4, -0.2) is 43.8 Å². The van der Waals surface area contributed by atoms with Crippen LogP contribution in [0, 0.1) is 11.3 Å². The maximum absolute atomic E-state index is 12.7. The summed E-state index contributed by atoms with van der Waals surface area (Å²) in [7, 11) is -3.42. The summed E-state index contributed by atoms with van der Waals surface area (Å²) >= 11 is 2.91. The third-order valence-electron chi connectivity index (χ3n) is 4.15. The van der Waals surface area contributed by atoms with E-state index in [0.29, 0.717) is 30.4 Å². The zero-order valence-corrected chi connectivity index (χ0v) is 15.8. The Hall–Kier alpha value is -1.24. The summed E-state index contributed by atoms with van der Waals surface area (Å²) < 4.78 is 27.5. The van der Waals surface area contributed by atoms with Gasteiger partial charge in [-0.3, -0.25) is 4.90 Å². The van der Waals surface area contributed by atoms with Gasteiger partial charge in [-0.25, -0.2) is 8.42 Å². The number of hydrogen-bond acceptors (Lipinski definition) is 6. The van der Waals surface area contributed by atoms with Gasteiger partial charge >= 0.3 is 0 Å². The molecule has 0 bridgehead atoms. The predicted octanol–water partition coefficient (Wildman–Crippen LogP) is 2.94. The summed E-state index contributed by atoms with van der Waals surface area (Å²) in [6.45, 7) is 4.01. The standard InChI is InChI=1S/C16H19N3O2S3/c1-2-13-5-6-16(23-13)24(20,21)19-9-7-18(8-10-19)14(12-17)15-4-3-11-22-15/h3-6,11,14H,2,7-10H2,1H3. The molecule has 1 unspecified atom stereocenters. The summed E-state index contributed by atoms with van der Waals surface area (Å²) in [4.78, 5) is 4.15. The first kappa shape index (κ1) is 17.6. The largest absolute Gasteiger partial charge is 0.281 e. The zero-order valence-electron chi connectivity index (χ0n) is 13.4. The lowest BCUT2D eigenvalue weighted by molar-refractivity contribution is 0.164. The fourth-order valence-electron chi connectivity index (χ4n) is 2.79. The zero-order chi connectivity index (χ0) is 17.2. The van der Waals surface area contributed by atoms with Crippen LogP contribution in [0.25, 0.3) is 0 Å². The molecule has 2 aromatic rings. The molecule has 1 aliphatic heterocycles. The number of nitriles is 1. The van der Waals surface area contributed by atoms with Crippen LogP contribution in [0.4, 0.5) is 0 Å². The van der Waals surface area contributed by atoms with Gasteiger partial charge < -0.3 is 0 Å². The lowest BCUT2D eigenvalue weighted by Gasteiger charge is -2.35. The Labute approximate surface area is 150 Å². The highest BCUT2D eigenvalue weighted by Crippen LogP contribution is 2.29. The molecule has 1 atom stereocenters. The van der Waals surface area contributed by atoms with Gasteiger partial charge in [-0.05, 0) is 30.0 Å². The van der Waals surface area contributed by atoms with Gasteiger partial charge in [0.05, 0.1) is 6.07 Å². The second kappa shape index (κ2) is 7.33. The fourth-order valence-corrected chi connectivity index (χ4v) is 6.46. The smallest absolute Gasteiger partial charge is 0.252 e. The Balaban J connectivity index is 1.69. The molecule has 0 spiro atoms. The van der Waals surface area contributed by atoms with E-state index in [1.54, 1.807) is 17.4 Å². The van der Waals surface area contributed by atoms with Gasteiger partial charge in [0.25, 0.3) is 10.0 Å². The summed E-state index contributed by atoms with van der Waals surface area (Å²) in [5.41, 5.74) is 0. The van der Waals surface area contributed by atoms with Crippen LogP contribution in [0.5, 0.6) is 0 Å². The van der Waals surface area contributed by atoms with Gasteiger partial charge in [0.15, 0.2) is 0 Å². The average Bonchev–Trinajstić information content (AvgIpc) is 3.28. The molecule has 0 radical (unpaired) electrons. The molecule has 5 nitrogen and oxygen atoms in total. The number of nitrogens with zero attached hydrogens (tertiary/aromatic N) is 3. The van der Waals surface area contributed by atoms with E-state index in [0.717, 1.165) is 16.2 Å². The summed E-state index contributed by atoms with van der Waals surface area (Å²) in [5, 5.41) is 11.4. The van der Waals surface area contributed by atoms with Gasteiger partial charge in [-0.2, -0.15) is 9.57 Å². The van der Waals surface area contributed by atoms with Crippen molar-refractivity contribution >= 4 is 32.7 Å². The van der Waals surface area contributed by atoms with E-state index in [9.17, 15) is 13.7 Å². The van der Waals surface area contributed by atoms with Crippen molar-refractivity contribution in [2.75, 3.05) is 26.2 Å². The van der Waals surface area contributed by atoms with E-state index < -0.39 is 10.0 Å². The molecule has 1 fully saturated rings. The first-order chi connectivity index (χ1) is 11.6. The number of rotatable bonds is 5. The van der Waals surface area contributed by atoms with Crippen molar-refractivity contribution in [3.63, 3.8) is 0 Å². The van der Waals surface area contributed by atoms with Crippen molar-refractivity contribution in [2.45, 2.75) is 23.6 Å². The lowest BCUT2D eigenvalue weighted by Crippen LogP contribution is -2.49. The van der Waals surface area contributed by atoms with Crippen molar-refractivity contribution in [1.29, 1.82) is 5.26 Å². The molecule has 0 aromatic carbocycles. The molecule has 8 heteroatoms. The molecule has 24 heavy (non-hydrogen) atoms. The maximum atomic E-state index is 12.7. The Bertz CT molecular complexity index is 813. The maximum Gasteiger partial charge on any atom is 0.252 e. The summed E-state index contributed by atoms with van der Waals surface area (Å²) in [6.07, 6.45) is 0.846. The van der Waals surface area contributed by atoms with Crippen LogP contribution < -0.4 is 0 Å². The van der Waals surface area contributed by atoms with Crippen LogP contribution in [0.3, 0.4) is 0 Å². The third kappa shape index (κ3) is 3.41. The van der Waals surface area contributed by atoms with Crippen molar-refractivity contribution in [1.82, 2.24) is 9.21 Å². The Morgan fingerprint density at radius 1 is 1.25 bits per heavy atom. The summed E-state index contributed by atoms with van der Waals surface area (Å²) in [5.74, 6) is 0. The predicted molar refractivity (Wildman–Crippen MR) is 96.7 cm³/mol. The third-order valence-corrected chi connectivity index (χ3v) is 8.67. The Kier molecular flexibility index (Phi) is 5.37. The molecule has 3 heterocycles. The van der Waals surface area contributed by atoms with E-state index in [2.05, 4.69) is 11.0 Å². The SMILES string of the molecule is CCc1ccc(S(=O)(=O)N2CCN(C(C#N)c3cccs3)CC2)s1. The van der Waals surface area contributed by atoms with E-state index >= 15 is 0 Å². The molecule has 0 N–H and O–H groups in total. The lowest BCUT2D eigenvalue weighted by atomic mass is 10.2. The van der Waals surface area contributed by atoms with Gasteiger partial charge in [0, 0.05) is 35.9 Å². The minimum atomic E-state index is -3.42. The number of piperazine rings is 1. The molecular formula is C16H19N3O2S3. The second-order valence-electron chi connectivity index (χ2n) is 5.56. The van der Waals surface area contributed by atoms with Crippen LogP contribution in [0.1, 0.15) is 22.7 Å². The van der Waals surface area contributed by atoms with Crippen LogP contribution in [-0.2, 0) is 16.4 Å². The highest BCUT2D eigenvalue weighted by molar-refractivity contribution is 7.91. The molecule has 0 aliphatic carbocycles. The molecule has 1 aliphatic rings. The fraction of sp³-hybridized carbons (Fsp3) is 0.438. The van der Waals surface area contributed by atoms with Crippen LogP contribution >= 0.6 is 22.7 Å². The number of aryl methyl sites for hydroxylation is 1. The van der Waals surface area contributed by atoms with Gasteiger partial charge in [-0.15, -0.1) is 22.7 Å². The average molecular weight is 382 g/mol. The second-order valence-corrected chi connectivity index (χ2v) is 9.87. The number of sulfonamides is 1. The van der Waals surface area contributed by atoms with E-state index in [1.165, 1.54) is 15.6 Å². The highest BCUT2D eigenvalue weighted by Gasteiger charge is 2.32. The molecule has 2 aromatic heterocycles. The normalized spacial score (nSPS) is 18.3. The van der Waals surface area contributed by atoms with Crippen molar-refractivity contribution in [2.24, 2.45) is 0 Å². The Morgan fingerprint density at radius 3 is 2.54 bits per heavy atom. The Morgan fingerprint density at radius 2 is 2.00 bits per heavy atom. The van der Waals surface area contributed by atoms with Crippen molar-refractivity contribution in [3.8, 4) is 6.07 Å². The molecule has 0 saturated carbocycles. The molecule has 0 amide bonds.